The Kier molecular flexibility index (Phi) is 9.10. The molecule has 0 unspecified atom stereocenters. The molecule has 0 spiro atoms. The number of carbonyl (C=O) groups excluding carboxylic acids is 1. The van der Waals surface area contributed by atoms with E-state index in [2.05, 4.69) is 10.2 Å². The van der Waals surface area contributed by atoms with Gasteiger partial charge in [-0.05, 0) is 26.1 Å². The number of nitrogens with zero attached hydrogens (tertiary/aromatic N) is 2. The summed E-state index contributed by atoms with van der Waals surface area (Å²) in [5, 5.41) is 19.8. The van der Waals surface area contributed by atoms with E-state index in [1.807, 2.05) is 13.8 Å². The van der Waals surface area contributed by atoms with Crippen molar-refractivity contribution in [2.24, 2.45) is 0 Å². The second-order valence-electron chi connectivity index (χ2n) is 4.26. The lowest BCUT2D eigenvalue weighted by atomic mass is 10.3. The fraction of sp³-hybridized carbons (Fsp3) is 0.750. The average molecular weight is 289 g/mol. The number of nitrogens with one attached hydrogen (secondary N) is 1. The lowest BCUT2D eigenvalue weighted by Crippen LogP contribution is -2.45. The Morgan fingerprint density at radius 3 is 1.90 bits per heavy atom. The molecule has 0 rings (SSSR count). The molecule has 3 N–H and O–H groups in total. The lowest BCUT2D eigenvalue weighted by molar-refractivity contribution is -0.140. The molecule has 2 amide bonds. The molecule has 0 atom stereocenters. The zero-order valence-electron chi connectivity index (χ0n) is 12.0. The van der Waals surface area contributed by atoms with Crippen LogP contribution < -0.4 is 5.32 Å². The first-order valence-electron chi connectivity index (χ1n) is 6.59. The standard InChI is InChI=1S/C12H23N3O5/c1-3-14(4-2)7-5-6-13-12(20)15(8-10(16)17)9-11(18)19/h3-9H2,1-2H3,(H,13,20)(H,16,17)(H,18,19). The quantitative estimate of drug-likeness (QED) is 0.484. The Balaban J connectivity index is 4.12. The van der Waals surface area contributed by atoms with Gasteiger partial charge in [-0.25, -0.2) is 4.79 Å². The number of amides is 2. The Bertz CT molecular complexity index is 315. The number of carbonyl (C=O) groups is 3. The van der Waals surface area contributed by atoms with E-state index in [4.69, 9.17) is 10.2 Å². The van der Waals surface area contributed by atoms with Gasteiger partial charge >= 0.3 is 18.0 Å². The van der Waals surface area contributed by atoms with Crippen molar-refractivity contribution in [2.45, 2.75) is 20.3 Å². The van der Waals surface area contributed by atoms with Crippen molar-refractivity contribution in [2.75, 3.05) is 39.3 Å². The van der Waals surface area contributed by atoms with E-state index < -0.39 is 31.1 Å². The van der Waals surface area contributed by atoms with Gasteiger partial charge in [0.25, 0.3) is 0 Å². The van der Waals surface area contributed by atoms with Gasteiger partial charge in [0.05, 0.1) is 0 Å². The van der Waals surface area contributed by atoms with Gasteiger partial charge in [0.2, 0.25) is 0 Å². The molecule has 0 bridgehead atoms. The highest BCUT2D eigenvalue weighted by atomic mass is 16.4. The summed E-state index contributed by atoms with van der Waals surface area (Å²) in [6.07, 6.45) is 0.724. The minimum atomic E-state index is -1.25. The molecule has 0 heterocycles. The fourth-order valence-corrected chi connectivity index (χ4v) is 1.68. The molecule has 20 heavy (non-hydrogen) atoms. The van der Waals surface area contributed by atoms with Crippen LogP contribution >= 0.6 is 0 Å². The molecule has 116 valence electrons. The third kappa shape index (κ3) is 8.30. The third-order valence-electron chi connectivity index (χ3n) is 2.76. The fourth-order valence-electron chi connectivity index (χ4n) is 1.68. The van der Waals surface area contributed by atoms with Crippen LogP contribution in [0.15, 0.2) is 0 Å². The van der Waals surface area contributed by atoms with Gasteiger partial charge in [-0.2, -0.15) is 0 Å². The first-order valence-corrected chi connectivity index (χ1v) is 6.59. The smallest absolute Gasteiger partial charge is 0.323 e. The van der Waals surface area contributed by atoms with Crippen molar-refractivity contribution in [1.29, 1.82) is 0 Å². The van der Waals surface area contributed by atoms with Gasteiger partial charge in [-0.15, -0.1) is 0 Å². The molecular formula is C12H23N3O5. The van der Waals surface area contributed by atoms with E-state index in [0.717, 1.165) is 31.0 Å². The molecule has 0 aromatic heterocycles. The topological polar surface area (TPSA) is 110 Å². The number of rotatable bonds is 10. The summed E-state index contributed by atoms with van der Waals surface area (Å²) in [7, 11) is 0. The molecule has 8 heteroatoms. The Hall–Kier alpha value is -1.83. The Morgan fingerprint density at radius 2 is 1.50 bits per heavy atom. The summed E-state index contributed by atoms with van der Waals surface area (Å²) >= 11 is 0. The molecule has 0 aromatic rings. The summed E-state index contributed by atoms with van der Waals surface area (Å²) in [6, 6.07) is -0.672. The molecule has 0 fully saturated rings. The van der Waals surface area contributed by atoms with Crippen molar-refractivity contribution >= 4 is 18.0 Å². The van der Waals surface area contributed by atoms with Gasteiger partial charge in [0, 0.05) is 6.54 Å². The summed E-state index contributed by atoms with van der Waals surface area (Å²) in [5.74, 6) is -2.49. The van der Waals surface area contributed by atoms with Crippen molar-refractivity contribution in [3.8, 4) is 0 Å². The van der Waals surface area contributed by atoms with Crippen LogP contribution in [0.3, 0.4) is 0 Å². The SMILES string of the molecule is CCN(CC)CCCNC(=O)N(CC(=O)O)CC(=O)O. The number of hydrogen-bond acceptors (Lipinski definition) is 4. The van der Waals surface area contributed by atoms with E-state index in [9.17, 15) is 14.4 Å². The molecule has 0 aliphatic carbocycles. The van der Waals surface area contributed by atoms with Gasteiger partial charge < -0.3 is 25.3 Å². The summed E-state index contributed by atoms with van der Waals surface area (Å²) < 4.78 is 0. The van der Waals surface area contributed by atoms with Crippen LogP contribution in [0.1, 0.15) is 20.3 Å². The predicted octanol–water partition coefficient (Wildman–Crippen LogP) is -0.101. The van der Waals surface area contributed by atoms with E-state index in [-0.39, 0.29) is 0 Å². The van der Waals surface area contributed by atoms with Gasteiger partial charge in [-0.3, -0.25) is 9.59 Å². The average Bonchev–Trinajstić information content (AvgIpc) is 2.36. The summed E-state index contributed by atoms with van der Waals surface area (Å²) in [5.41, 5.74) is 0. The minimum absolute atomic E-state index is 0.380. The first-order chi connectivity index (χ1) is 9.40. The summed E-state index contributed by atoms with van der Waals surface area (Å²) in [6.45, 7) is 5.88. The number of hydrogen-bond donors (Lipinski definition) is 3. The van der Waals surface area contributed by atoms with Gasteiger partial charge in [-0.1, -0.05) is 13.8 Å². The highest BCUT2D eigenvalue weighted by Gasteiger charge is 2.18. The Labute approximate surface area is 118 Å². The van der Waals surface area contributed by atoms with Crippen LogP contribution in [0.25, 0.3) is 0 Å². The summed E-state index contributed by atoms with van der Waals surface area (Å²) in [4.78, 5) is 35.8. The maximum Gasteiger partial charge on any atom is 0.323 e. The first kappa shape index (κ1) is 18.2. The van der Waals surface area contributed by atoms with Crippen LogP contribution in [-0.2, 0) is 9.59 Å². The van der Waals surface area contributed by atoms with Gasteiger partial charge in [0.1, 0.15) is 13.1 Å². The molecule has 0 radical (unpaired) electrons. The second-order valence-corrected chi connectivity index (χ2v) is 4.26. The number of aliphatic carboxylic acids is 2. The molecule has 0 saturated heterocycles. The van der Waals surface area contributed by atoms with Crippen molar-refractivity contribution < 1.29 is 24.6 Å². The molecular weight excluding hydrogens is 266 g/mol. The number of urea groups is 1. The zero-order valence-corrected chi connectivity index (χ0v) is 12.0. The van der Waals surface area contributed by atoms with Crippen LogP contribution in [0.5, 0.6) is 0 Å². The molecule has 0 aromatic carbocycles. The Morgan fingerprint density at radius 1 is 1.00 bits per heavy atom. The maximum atomic E-state index is 11.7. The van der Waals surface area contributed by atoms with Crippen LogP contribution in [0.4, 0.5) is 4.79 Å². The largest absolute Gasteiger partial charge is 0.480 e. The van der Waals surface area contributed by atoms with Crippen LogP contribution in [-0.4, -0.2) is 77.3 Å². The maximum absolute atomic E-state index is 11.7. The predicted molar refractivity (Wildman–Crippen MR) is 72.6 cm³/mol. The van der Waals surface area contributed by atoms with E-state index in [1.165, 1.54) is 0 Å². The van der Waals surface area contributed by atoms with Crippen LogP contribution in [0, 0.1) is 0 Å². The third-order valence-corrected chi connectivity index (χ3v) is 2.76. The highest BCUT2D eigenvalue weighted by Crippen LogP contribution is 1.93. The second kappa shape index (κ2) is 10.0. The van der Waals surface area contributed by atoms with E-state index in [1.54, 1.807) is 0 Å². The number of carboxylic acids is 2. The molecule has 0 aliphatic heterocycles. The molecule has 0 saturated carbocycles. The number of carboxylic acid groups (broad SMARTS) is 2. The lowest BCUT2D eigenvalue weighted by Gasteiger charge is -2.20. The normalized spacial score (nSPS) is 10.3. The molecule has 8 nitrogen and oxygen atoms in total. The van der Waals surface area contributed by atoms with E-state index >= 15 is 0 Å². The van der Waals surface area contributed by atoms with Crippen molar-refractivity contribution in [3.05, 3.63) is 0 Å². The zero-order chi connectivity index (χ0) is 15.5. The van der Waals surface area contributed by atoms with Crippen LogP contribution in [0.2, 0.25) is 0 Å². The monoisotopic (exact) mass is 289 g/mol. The van der Waals surface area contributed by atoms with Crippen molar-refractivity contribution in [3.63, 3.8) is 0 Å². The van der Waals surface area contributed by atoms with Gasteiger partial charge in [0.15, 0.2) is 0 Å². The minimum Gasteiger partial charge on any atom is -0.480 e. The van der Waals surface area contributed by atoms with Crippen molar-refractivity contribution in [1.82, 2.24) is 15.1 Å². The van der Waals surface area contributed by atoms with E-state index in [0.29, 0.717) is 6.54 Å². The molecule has 0 aliphatic rings. The highest BCUT2D eigenvalue weighted by molar-refractivity contribution is 5.84.